The second-order valence-corrected chi connectivity index (χ2v) is 9.21. The van der Waals surface area contributed by atoms with Crippen LogP contribution in [-0.2, 0) is 6.54 Å². The number of piperidine rings is 3. The lowest BCUT2D eigenvalue weighted by molar-refractivity contribution is 0.0870. The summed E-state index contributed by atoms with van der Waals surface area (Å²) in [5, 5.41) is 16.7. The molecule has 8 heteroatoms. The van der Waals surface area contributed by atoms with E-state index < -0.39 is 0 Å². The largest absolute Gasteiger partial charge is 0.303 e. The fourth-order valence-electron chi connectivity index (χ4n) is 5.43. The quantitative estimate of drug-likeness (QED) is 0.517. The maximum Gasteiger partial charge on any atom is 0.182 e. The van der Waals surface area contributed by atoms with Crippen LogP contribution in [0.3, 0.4) is 0 Å². The van der Waals surface area contributed by atoms with Gasteiger partial charge in [0.1, 0.15) is 23.2 Å². The van der Waals surface area contributed by atoms with Crippen molar-refractivity contribution in [3.63, 3.8) is 0 Å². The molecule has 3 aliphatic rings. The van der Waals surface area contributed by atoms with E-state index in [1.807, 2.05) is 17.6 Å². The minimum atomic E-state index is -0.201. The number of aryl methyl sites for hydroxylation is 1. The number of imidazole rings is 1. The first-order valence-electron chi connectivity index (χ1n) is 11.4. The summed E-state index contributed by atoms with van der Waals surface area (Å²) in [5.41, 5.74) is 5.07. The third kappa shape index (κ3) is 3.40. The Hall–Kier alpha value is -3.57. The van der Waals surface area contributed by atoms with Crippen LogP contribution in [0.15, 0.2) is 36.7 Å². The summed E-state index contributed by atoms with van der Waals surface area (Å²) in [6, 6.07) is 9.58. The molecule has 4 aromatic rings. The molecule has 3 saturated heterocycles. The van der Waals surface area contributed by atoms with Crippen LogP contribution < -0.4 is 0 Å². The number of rotatable bonds is 4. The number of hydrogen-bond donors (Lipinski definition) is 1. The molecular weight excluding hydrogens is 417 g/mol. The van der Waals surface area contributed by atoms with Crippen LogP contribution in [0.5, 0.6) is 0 Å². The Kier molecular flexibility index (Phi) is 4.73. The van der Waals surface area contributed by atoms with Gasteiger partial charge in [-0.3, -0.25) is 10.1 Å². The highest BCUT2D eigenvalue weighted by Gasteiger charge is 2.35. The fourth-order valence-corrected chi connectivity index (χ4v) is 5.43. The molecule has 166 valence electrons. The molecule has 33 heavy (non-hydrogen) atoms. The van der Waals surface area contributed by atoms with Gasteiger partial charge in [-0.25, -0.2) is 9.37 Å². The number of nitrogens with one attached hydrogen (secondary N) is 1. The molecular formula is C25H24FN7. The molecule has 7 nitrogen and oxygen atoms in total. The second kappa shape index (κ2) is 7.78. The van der Waals surface area contributed by atoms with Crippen molar-refractivity contribution in [3.8, 4) is 17.5 Å². The zero-order valence-electron chi connectivity index (χ0n) is 18.4. The maximum absolute atomic E-state index is 15.4. The van der Waals surface area contributed by atoms with Crippen LogP contribution in [-0.4, -0.2) is 49.3 Å². The molecule has 2 bridgehead atoms. The van der Waals surface area contributed by atoms with Crippen molar-refractivity contribution in [3.05, 3.63) is 64.9 Å². The number of nitriles is 1. The van der Waals surface area contributed by atoms with Gasteiger partial charge in [0.25, 0.3) is 0 Å². The molecule has 0 aliphatic carbocycles. The van der Waals surface area contributed by atoms with Crippen LogP contribution in [0.25, 0.3) is 22.6 Å². The van der Waals surface area contributed by atoms with Crippen LogP contribution in [0, 0.1) is 30.0 Å². The maximum atomic E-state index is 15.4. The minimum Gasteiger partial charge on any atom is -0.303 e. The lowest BCUT2D eigenvalue weighted by Crippen LogP contribution is -2.46. The average Bonchev–Trinajstić information content (AvgIpc) is 3.40. The predicted molar refractivity (Wildman–Crippen MR) is 122 cm³/mol. The van der Waals surface area contributed by atoms with Crippen LogP contribution in [0.1, 0.15) is 41.1 Å². The molecule has 1 atom stereocenters. The van der Waals surface area contributed by atoms with Gasteiger partial charge in [0.2, 0.25) is 0 Å². The highest BCUT2D eigenvalue weighted by molar-refractivity contribution is 5.79. The molecule has 1 N–H and O–H groups in total. The van der Waals surface area contributed by atoms with E-state index in [9.17, 15) is 5.26 Å². The second-order valence-electron chi connectivity index (χ2n) is 9.21. The summed E-state index contributed by atoms with van der Waals surface area (Å²) in [7, 11) is 0. The van der Waals surface area contributed by atoms with Crippen LogP contribution in [0.4, 0.5) is 4.39 Å². The third-order valence-corrected chi connectivity index (χ3v) is 7.24. The fraction of sp³-hybridized carbons (Fsp3) is 0.360. The molecule has 7 rings (SSSR count). The number of aromatic amines is 1. The predicted octanol–water partition coefficient (Wildman–Crippen LogP) is 4.00. The average molecular weight is 442 g/mol. The lowest BCUT2D eigenvalue weighted by Gasteiger charge is -2.45. The standard InChI is InChI=1S/C25H24FN7/c1-15-23-25(31-30-15)33(24(29-23)20-8-16(10-27)11-28-12-20)13-19-3-2-18(9-22(19)26)21-14-32-6-4-17(21)5-7-32/h2-3,8-9,11-12,17,21H,4-7,13-14H2,1H3,(H,30,31). The molecule has 6 heterocycles. The molecule has 0 radical (unpaired) electrons. The first-order chi connectivity index (χ1) is 16.1. The van der Waals surface area contributed by atoms with Crippen LogP contribution >= 0.6 is 0 Å². The zero-order chi connectivity index (χ0) is 22.5. The van der Waals surface area contributed by atoms with E-state index in [1.54, 1.807) is 18.3 Å². The van der Waals surface area contributed by atoms with Gasteiger partial charge < -0.3 is 9.47 Å². The first-order valence-corrected chi connectivity index (χ1v) is 11.4. The Labute approximate surface area is 190 Å². The van der Waals surface area contributed by atoms with E-state index in [0.717, 1.165) is 23.3 Å². The van der Waals surface area contributed by atoms with E-state index in [0.29, 0.717) is 46.5 Å². The summed E-state index contributed by atoms with van der Waals surface area (Å²) < 4.78 is 17.3. The van der Waals surface area contributed by atoms with E-state index in [-0.39, 0.29) is 5.82 Å². The molecule has 3 aromatic heterocycles. The van der Waals surface area contributed by atoms with Crippen molar-refractivity contribution in [2.24, 2.45) is 5.92 Å². The highest BCUT2D eigenvalue weighted by Crippen LogP contribution is 2.39. The molecule has 3 fully saturated rings. The van der Waals surface area contributed by atoms with E-state index in [4.69, 9.17) is 4.98 Å². The summed E-state index contributed by atoms with van der Waals surface area (Å²) in [4.78, 5) is 11.4. The Balaban J connectivity index is 1.38. The SMILES string of the molecule is Cc1[nH]nc2c1nc(-c1cncc(C#N)c1)n2Cc1ccc(C2CN3CCC2CC3)cc1F. The molecule has 1 unspecified atom stereocenters. The van der Waals surface area contributed by atoms with Gasteiger partial charge in [0.15, 0.2) is 5.65 Å². The monoisotopic (exact) mass is 441 g/mol. The molecule has 3 aliphatic heterocycles. The number of H-pyrrole nitrogens is 1. The highest BCUT2D eigenvalue weighted by atomic mass is 19.1. The third-order valence-electron chi connectivity index (χ3n) is 7.24. The van der Waals surface area contributed by atoms with E-state index in [2.05, 4.69) is 32.2 Å². The van der Waals surface area contributed by atoms with Crippen molar-refractivity contribution >= 4 is 11.2 Å². The number of aromatic nitrogens is 5. The van der Waals surface area contributed by atoms with Crippen molar-refractivity contribution in [1.82, 2.24) is 29.6 Å². The van der Waals surface area contributed by atoms with Gasteiger partial charge in [-0.15, -0.1) is 0 Å². The molecule has 0 spiro atoms. The first kappa shape index (κ1) is 20.1. The summed E-state index contributed by atoms with van der Waals surface area (Å²) in [6.45, 7) is 5.58. The van der Waals surface area contributed by atoms with Gasteiger partial charge in [-0.1, -0.05) is 12.1 Å². The molecule has 0 amide bonds. The molecule has 0 saturated carbocycles. The number of hydrogen-bond acceptors (Lipinski definition) is 5. The summed E-state index contributed by atoms with van der Waals surface area (Å²) >= 11 is 0. The number of benzene rings is 1. The van der Waals surface area contributed by atoms with E-state index in [1.165, 1.54) is 32.1 Å². The normalized spacial score (nSPS) is 22.0. The number of halogens is 1. The van der Waals surface area contributed by atoms with Crippen molar-refractivity contribution in [2.75, 3.05) is 19.6 Å². The van der Waals surface area contributed by atoms with Gasteiger partial charge in [0, 0.05) is 30.1 Å². The lowest BCUT2D eigenvalue weighted by atomic mass is 9.75. The van der Waals surface area contributed by atoms with Gasteiger partial charge >= 0.3 is 0 Å². The Bertz CT molecular complexity index is 1390. The van der Waals surface area contributed by atoms with Crippen molar-refractivity contribution in [2.45, 2.75) is 32.2 Å². The van der Waals surface area contributed by atoms with Gasteiger partial charge in [0.05, 0.1) is 17.8 Å². The summed E-state index contributed by atoms with van der Waals surface area (Å²) in [6.07, 6.45) is 5.60. The van der Waals surface area contributed by atoms with Gasteiger partial charge in [-0.2, -0.15) is 10.4 Å². The Morgan fingerprint density at radius 2 is 2.06 bits per heavy atom. The number of fused-ring (bicyclic) bond motifs is 4. The smallest absolute Gasteiger partial charge is 0.182 e. The zero-order valence-corrected chi connectivity index (χ0v) is 18.4. The number of pyridine rings is 1. The van der Waals surface area contributed by atoms with Crippen molar-refractivity contribution < 1.29 is 4.39 Å². The Morgan fingerprint density at radius 1 is 1.21 bits per heavy atom. The van der Waals surface area contributed by atoms with E-state index >= 15 is 4.39 Å². The number of nitrogens with zero attached hydrogens (tertiary/aromatic N) is 6. The van der Waals surface area contributed by atoms with Gasteiger partial charge in [-0.05, 0) is 62.4 Å². The minimum absolute atomic E-state index is 0.201. The Morgan fingerprint density at radius 3 is 2.79 bits per heavy atom. The topological polar surface area (TPSA) is 86.4 Å². The van der Waals surface area contributed by atoms with Crippen LogP contribution in [0.2, 0.25) is 0 Å². The summed E-state index contributed by atoms with van der Waals surface area (Å²) in [5.74, 6) is 1.50. The van der Waals surface area contributed by atoms with Crippen molar-refractivity contribution in [1.29, 1.82) is 5.26 Å². The molecule has 1 aromatic carbocycles.